The Balaban J connectivity index is 2.54. The molecule has 0 amide bonds. The standard InChI is InChI=1S/C12H7F4NO4/c1-5-9(11(18)19)10(17-21-5)7-4-6(2-3-8(7)13)20-12(14,15)16/h2-4H,1H3,(H,18,19). The van der Waals surface area contributed by atoms with E-state index in [9.17, 15) is 22.4 Å². The van der Waals surface area contributed by atoms with E-state index in [0.29, 0.717) is 12.1 Å². The van der Waals surface area contributed by atoms with E-state index in [1.165, 1.54) is 6.92 Å². The molecule has 0 atom stereocenters. The first-order valence-electron chi connectivity index (χ1n) is 5.44. The number of hydrogen-bond acceptors (Lipinski definition) is 4. The third-order valence-electron chi connectivity index (χ3n) is 2.50. The van der Waals surface area contributed by atoms with E-state index in [1.807, 2.05) is 0 Å². The summed E-state index contributed by atoms with van der Waals surface area (Å²) in [7, 11) is 0. The van der Waals surface area contributed by atoms with E-state index in [1.54, 1.807) is 0 Å². The van der Waals surface area contributed by atoms with Crippen LogP contribution >= 0.6 is 0 Å². The van der Waals surface area contributed by atoms with Gasteiger partial charge in [0.15, 0.2) is 0 Å². The van der Waals surface area contributed by atoms with Gasteiger partial charge in [0.25, 0.3) is 0 Å². The summed E-state index contributed by atoms with van der Waals surface area (Å²) in [5, 5.41) is 12.4. The van der Waals surface area contributed by atoms with E-state index >= 15 is 0 Å². The van der Waals surface area contributed by atoms with Gasteiger partial charge in [-0.05, 0) is 25.1 Å². The second-order valence-corrected chi connectivity index (χ2v) is 3.96. The average Bonchev–Trinajstić information content (AvgIpc) is 2.72. The van der Waals surface area contributed by atoms with Crippen LogP contribution < -0.4 is 4.74 Å². The molecule has 5 nitrogen and oxygen atoms in total. The lowest BCUT2D eigenvalue weighted by Gasteiger charge is -2.10. The number of alkyl halides is 3. The van der Waals surface area contributed by atoms with E-state index < -0.39 is 40.7 Å². The van der Waals surface area contributed by atoms with Crippen molar-refractivity contribution in [1.82, 2.24) is 5.16 Å². The Bertz CT molecular complexity index is 693. The second kappa shape index (κ2) is 5.08. The molecule has 0 aliphatic rings. The summed E-state index contributed by atoms with van der Waals surface area (Å²) in [5.41, 5.74) is -1.31. The van der Waals surface area contributed by atoms with Crippen LogP contribution in [0.4, 0.5) is 17.6 Å². The molecule has 0 saturated carbocycles. The van der Waals surface area contributed by atoms with Crippen molar-refractivity contribution < 1.29 is 36.7 Å². The maximum Gasteiger partial charge on any atom is 0.573 e. The molecule has 0 radical (unpaired) electrons. The number of nitrogens with zero attached hydrogens (tertiary/aromatic N) is 1. The average molecular weight is 305 g/mol. The topological polar surface area (TPSA) is 72.6 Å². The fourth-order valence-corrected chi connectivity index (χ4v) is 1.69. The Hall–Kier alpha value is -2.58. The summed E-state index contributed by atoms with van der Waals surface area (Å²) in [6, 6.07) is 2.18. The number of ether oxygens (including phenoxy) is 1. The van der Waals surface area contributed by atoms with Crippen molar-refractivity contribution in [3.05, 3.63) is 35.3 Å². The molecule has 2 aromatic rings. The zero-order valence-corrected chi connectivity index (χ0v) is 10.4. The number of halogens is 4. The Kier molecular flexibility index (Phi) is 3.58. The van der Waals surface area contributed by atoms with Gasteiger partial charge in [0, 0.05) is 5.56 Å². The predicted octanol–water partition coefficient (Wildman–Crippen LogP) is 3.39. The third kappa shape index (κ3) is 3.12. The van der Waals surface area contributed by atoms with Gasteiger partial charge >= 0.3 is 12.3 Å². The minimum absolute atomic E-state index is 0.0981. The molecule has 112 valence electrons. The largest absolute Gasteiger partial charge is 0.573 e. The smallest absolute Gasteiger partial charge is 0.477 e. The van der Waals surface area contributed by atoms with Crippen LogP contribution in [0.15, 0.2) is 22.7 Å². The molecular weight excluding hydrogens is 298 g/mol. The minimum Gasteiger partial charge on any atom is -0.477 e. The predicted molar refractivity (Wildman–Crippen MR) is 60.3 cm³/mol. The lowest BCUT2D eigenvalue weighted by molar-refractivity contribution is -0.274. The quantitative estimate of drug-likeness (QED) is 0.880. The molecule has 0 aliphatic carbocycles. The lowest BCUT2D eigenvalue weighted by atomic mass is 10.1. The number of aromatic nitrogens is 1. The summed E-state index contributed by atoms with van der Waals surface area (Å²) in [6.45, 7) is 1.29. The van der Waals surface area contributed by atoms with Crippen molar-refractivity contribution in [2.24, 2.45) is 0 Å². The first-order chi connectivity index (χ1) is 9.69. The molecule has 2 rings (SSSR count). The summed E-state index contributed by atoms with van der Waals surface area (Å²) >= 11 is 0. The number of aromatic carboxylic acids is 1. The van der Waals surface area contributed by atoms with Gasteiger partial charge in [-0.15, -0.1) is 13.2 Å². The molecule has 0 aliphatic heterocycles. The van der Waals surface area contributed by atoms with Gasteiger partial charge in [0.2, 0.25) is 0 Å². The highest BCUT2D eigenvalue weighted by Gasteiger charge is 2.32. The van der Waals surface area contributed by atoms with Crippen molar-refractivity contribution in [1.29, 1.82) is 0 Å². The highest BCUT2D eigenvalue weighted by molar-refractivity contribution is 5.95. The van der Waals surface area contributed by atoms with Crippen LogP contribution in [0, 0.1) is 12.7 Å². The molecule has 0 bridgehead atoms. The summed E-state index contributed by atoms with van der Waals surface area (Å²) in [6.07, 6.45) is -4.95. The van der Waals surface area contributed by atoms with Gasteiger partial charge in [0.1, 0.15) is 28.6 Å². The number of carbonyl (C=O) groups is 1. The van der Waals surface area contributed by atoms with Crippen LogP contribution in [0.5, 0.6) is 5.75 Å². The van der Waals surface area contributed by atoms with Crippen molar-refractivity contribution >= 4 is 5.97 Å². The normalized spacial score (nSPS) is 11.5. The molecule has 0 fully saturated rings. The number of aryl methyl sites for hydroxylation is 1. The number of carboxylic acid groups (broad SMARTS) is 1. The van der Waals surface area contributed by atoms with Gasteiger partial charge in [-0.3, -0.25) is 0 Å². The summed E-state index contributed by atoms with van der Waals surface area (Å²) in [4.78, 5) is 11.1. The van der Waals surface area contributed by atoms with E-state index in [2.05, 4.69) is 14.4 Å². The summed E-state index contributed by atoms with van der Waals surface area (Å²) < 4.78 is 58.5. The van der Waals surface area contributed by atoms with Gasteiger partial charge < -0.3 is 14.4 Å². The molecule has 1 aromatic carbocycles. The second-order valence-electron chi connectivity index (χ2n) is 3.96. The number of hydrogen-bond donors (Lipinski definition) is 1. The third-order valence-corrected chi connectivity index (χ3v) is 2.50. The van der Waals surface area contributed by atoms with Crippen LogP contribution in [-0.4, -0.2) is 22.6 Å². The Labute approximate surface area is 114 Å². The zero-order valence-electron chi connectivity index (χ0n) is 10.4. The van der Waals surface area contributed by atoms with Gasteiger partial charge in [-0.25, -0.2) is 9.18 Å². The molecule has 9 heteroatoms. The molecule has 0 spiro atoms. The Morgan fingerprint density at radius 2 is 2.05 bits per heavy atom. The zero-order chi connectivity index (χ0) is 15.8. The van der Waals surface area contributed by atoms with Crippen LogP contribution in [0.2, 0.25) is 0 Å². The molecule has 1 aromatic heterocycles. The van der Waals surface area contributed by atoms with Gasteiger partial charge in [-0.2, -0.15) is 0 Å². The van der Waals surface area contributed by atoms with Crippen molar-refractivity contribution in [2.75, 3.05) is 0 Å². The van der Waals surface area contributed by atoms with E-state index in [-0.39, 0.29) is 5.76 Å². The molecule has 0 unspecified atom stereocenters. The number of rotatable bonds is 3. The van der Waals surface area contributed by atoms with Crippen molar-refractivity contribution in [3.63, 3.8) is 0 Å². The first-order valence-corrected chi connectivity index (χ1v) is 5.44. The Morgan fingerprint density at radius 1 is 1.38 bits per heavy atom. The van der Waals surface area contributed by atoms with Crippen LogP contribution in [-0.2, 0) is 0 Å². The first kappa shape index (κ1) is 14.8. The molecule has 1 N–H and O–H groups in total. The SMILES string of the molecule is Cc1onc(-c2cc(OC(F)(F)F)ccc2F)c1C(=O)O. The van der Waals surface area contributed by atoms with Crippen LogP contribution in [0.3, 0.4) is 0 Å². The molecule has 0 saturated heterocycles. The van der Waals surface area contributed by atoms with Gasteiger partial charge in [-0.1, -0.05) is 5.16 Å². The summed E-state index contributed by atoms with van der Waals surface area (Å²) in [5.74, 6) is -3.19. The van der Waals surface area contributed by atoms with Crippen molar-refractivity contribution in [3.8, 4) is 17.0 Å². The highest BCUT2D eigenvalue weighted by Crippen LogP contribution is 2.32. The number of carboxylic acids is 1. The van der Waals surface area contributed by atoms with Gasteiger partial charge in [0.05, 0.1) is 0 Å². The minimum atomic E-state index is -4.95. The maximum atomic E-state index is 13.7. The molecule has 1 heterocycles. The molecular formula is C12H7F4NO4. The Morgan fingerprint density at radius 3 is 2.62 bits per heavy atom. The maximum absolute atomic E-state index is 13.7. The lowest BCUT2D eigenvalue weighted by Crippen LogP contribution is -2.17. The fraction of sp³-hybridized carbons (Fsp3) is 0.167. The van der Waals surface area contributed by atoms with Crippen LogP contribution in [0.25, 0.3) is 11.3 Å². The number of benzene rings is 1. The molecule has 21 heavy (non-hydrogen) atoms. The fourth-order valence-electron chi connectivity index (χ4n) is 1.69. The van der Waals surface area contributed by atoms with E-state index in [0.717, 1.165) is 6.07 Å². The monoisotopic (exact) mass is 305 g/mol. The highest BCUT2D eigenvalue weighted by atomic mass is 19.4. The van der Waals surface area contributed by atoms with E-state index in [4.69, 9.17) is 5.11 Å². The van der Waals surface area contributed by atoms with Crippen LogP contribution in [0.1, 0.15) is 16.1 Å². The van der Waals surface area contributed by atoms with Crippen molar-refractivity contribution in [2.45, 2.75) is 13.3 Å².